The van der Waals surface area contributed by atoms with Gasteiger partial charge in [0.2, 0.25) is 5.69 Å². The molecule has 37 heavy (non-hydrogen) atoms. The molecule has 0 bridgehead atoms. The van der Waals surface area contributed by atoms with E-state index in [0.717, 1.165) is 24.1 Å². The van der Waals surface area contributed by atoms with Gasteiger partial charge in [-0.1, -0.05) is 55.0 Å². The number of benzene rings is 3. The monoisotopic (exact) mass is 490 g/mol. The van der Waals surface area contributed by atoms with Crippen LogP contribution in [0.2, 0.25) is 0 Å². The summed E-state index contributed by atoms with van der Waals surface area (Å²) in [6, 6.07) is 24.9. The third kappa shape index (κ3) is 4.25. The molecule has 0 radical (unpaired) electrons. The molecule has 0 spiro atoms. The quantitative estimate of drug-likeness (QED) is 0.318. The SMILES string of the molecule is CC[N+]1=C(C=Cc2ccc3c(c2)C2CCCC2C(Cc2ccc(OC)cc2)C3)C(C)(C)c2ccccc21. The molecule has 2 nitrogen and oxygen atoms in total. The predicted molar refractivity (Wildman–Crippen MR) is 154 cm³/mol. The van der Waals surface area contributed by atoms with Crippen LogP contribution in [0.4, 0.5) is 5.69 Å². The number of methoxy groups -OCH3 is 1. The molecule has 3 atom stereocenters. The Hall–Kier alpha value is -3.13. The molecule has 3 aromatic rings. The summed E-state index contributed by atoms with van der Waals surface area (Å²) in [7, 11) is 1.74. The van der Waals surface area contributed by atoms with Gasteiger partial charge in [-0.2, -0.15) is 4.58 Å². The Balaban J connectivity index is 1.27. The summed E-state index contributed by atoms with van der Waals surface area (Å²) in [5, 5.41) is 0. The molecule has 0 N–H and O–H groups in total. The first-order valence-electron chi connectivity index (χ1n) is 14.2. The predicted octanol–water partition coefficient (Wildman–Crippen LogP) is 8.10. The van der Waals surface area contributed by atoms with Crippen LogP contribution in [0.1, 0.15) is 73.8 Å². The highest BCUT2D eigenvalue weighted by Gasteiger charge is 2.43. The molecule has 1 fully saturated rings. The maximum Gasteiger partial charge on any atom is 0.209 e. The summed E-state index contributed by atoms with van der Waals surface area (Å²) in [6.07, 6.45) is 11.2. The third-order valence-corrected chi connectivity index (χ3v) is 9.43. The van der Waals surface area contributed by atoms with Crippen molar-refractivity contribution in [3.05, 3.63) is 101 Å². The zero-order valence-electron chi connectivity index (χ0n) is 22.8. The minimum atomic E-state index is 0.0164. The van der Waals surface area contributed by atoms with Gasteiger partial charge in [-0.15, -0.1) is 0 Å². The van der Waals surface area contributed by atoms with Gasteiger partial charge < -0.3 is 4.74 Å². The van der Waals surface area contributed by atoms with E-state index in [9.17, 15) is 0 Å². The molecule has 0 saturated heterocycles. The van der Waals surface area contributed by atoms with Crippen LogP contribution in [0.25, 0.3) is 6.08 Å². The van der Waals surface area contributed by atoms with Crippen molar-refractivity contribution in [2.45, 2.75) is 64.2 Å². The molecule has 2 aliphatic carbocycles. The highest BCUT2D eigenvalue weighted by molar-refractivity contribution is 6.05. The Morgan fingerprint density at radius 3 is 2.57 bits per heavy atom. The van der Waals surface area contributed by atoms with Gasteiger partial charge >= 0.3 is 0 Å². The highest BCUT2D eigenvalue weighted by Crippen LogP contribution is 2.50. The van der Waals surface area contributed by atoms with E-state index >= 15 is 0 Å². The van der Waals surface area contributed by atoms with Gasteiger partial charge in [-0.3, -0.25) is 0 Å². The van der Waals surface area contributed by atoms with Gasteiger partial charge in [0.1, 0.15) is 12.3 Å². The molecule has 3 unspecified atom stereocenters. The highest BCUT2D eigenvalue weighted by atomic mass is 16.5. The van der Waals surface area contributed by atoms with E-state index in [1.165, 1.54) is 60.2 Å². The molecule has 0 aromatic heterocycles. The zero-order chi connectivity index (χ0) is 25.6. The summed E-state index contributed by atoms with van der Waals surface area (Å²) in [5.74, 6) is 3.21. The lowest BCUT2D eigenvalue weighted by Gasteiger charge is -2.36. The van der Waals surface area contributed by atoms with Crippen LogP contribution in [0, 0.1) is 11.8 Å². The number of nitrogens with zero attached hydrogens (tertiary/aromatic N) is 1. The van der Waals surface area contributed by atoms with Gasteiger partial charge in [0.05, 0.1) is 12.5 Å². The molecule has 3 aliphatic rings. The molecular formula is C35H40NO+. The number of ether oxygens (including phenoxy) is 1. The minimum Gasteiger partial charge on any atom is -0.497 e. The first-order valence-corrected chi connectivity index (χ1v) is 14.2. The van der Waals surface area contributed by atoms with Crippen LogP contribution in [0.15, 0.2) is 72.8 Å². The van der Waals surface area contributed by atoms with E-state index in [1.807, 2.05) is 0 Å². The fourth-order valence-electron chi connectivity index (χ4n) is 7.57. The summed E-state index contributed by atoms with van der Waals surface area (Å²) >= 11 is 0. The van der Waals surface area contributed by atoms with E-state index in [0.29, 0.717) is 5.92 Å². The van der Waals surface area contributed by atoms with E-state index in [-0.39, 0.29) is 5.41 Å². The first kappa shape index (κ1) is 24.2. The lowest BCUT2D eigenvalue weighted by Crippen LogP contribution is -2.28. The first-order chi connectivity index (χ1) is 18.0. The largest absolute Gasteiger partial charge is 0.497 e. The molecular weight excluding hydrogens is 450 g/mol. The normalized spacial score (nSPS) is 23.7. The number of hydrogen-bond acceptors (Lipinski definition) is 1. The topological polar surface area (TPSA) is 12.2 Å². The fourth-order valence-corrected chi connectivity index (χ4v) is 7.57. The van der Waals surface area contributed by atoms with Gasteiger partial charge in [0.25, 0.3) is 0 Å². The third-order valence-electron chi connectivity index (χ3n) is 9.43. The molecule has 1 saturated carbocycles. The summed E-state index contributed by atoms with van der Waals surface area (Å²) in [5.41, 5.74) is 10.2. The fraction of sp³-hybridized carbons (Fsp3) is 0.400. The lowest BCUT2D eigenvalue weighted by molar-refractivity contribution is -0.433. The average molecular weight is 491 g/mol. The number of fused-ring (bicyclic) bond motifs is 4. The molecule has 1 aliphatic heterocycles. The minimum absolute atomic E-state index is 0.0164. The molecule has 6 rings (SSSR count). The van der Waals surface area contributed by atoms with Gasteiger partial charge in [-0.25, -0.2) is 0 Å². The zero-order valence-corrected chi connectivity index (χ0v) is 22.8. The maximum atomic E-state index is 5.37. The van der Waals surface area contributed by atoms with E-state index in [4.69, 9.17) is 4.74 Å². The van der Waals surface area contributed by atoms with Crippen LogP contribution in [0.3, 0.4) is 0 Å². The van der Waals surface area contributed by atoms with E-state index in [1.54, 1.807) is 18.2 Å². The van der Waals surface area contributed by atoms with Crippen molar-refractivity contribution in [1.29, 1.82) is 0 Å². The van der Waals surface area contributed by atoms with Gasteiger partial charge in [0, 0.05) is 17.7 Å². The number of para-hydroxylation sites is 1. The van der Waals surface area contributed by atoms with Crippen molar-refractivity contribution < 1.29 is 9.31 Å². The van der Waals surface area contributed by atoms with Crippen molar-refractivity contribution in [3.8, 4) is 5.75 Å². The smallest absolute Gasteiger partial charge is 0.209 e. The Labute approximate surface area is 222 Å². The van der Waals surface area contributed by atoms with Crippen molar-refractivity contribution >= 4 is 17.5 Å². The second-order valence-electron chi connectivity index (χ2n) is 11.8. The second-order valence-corrected chi connectivity index (χ2v) is 11.8. The molecule has 0 amide bonds. The van der Waals surface area contributed by atoms with E-state index < -0.39 is 0 Å². The number of hydrogen-bond donors (Lipinski definition) is 0. The standard InChI is InChI=1S/C35H40NO/c1-5-36-33-12-7-6-11-32(33)35(2,3)34(36)20-16-25-13-17-26-23-27(21-24-14-18-28(37-4)19-15-24)29-9-8-10-30(29)31(26)22-25/h6-7,11-20,22,27,29-30H,5,8-10,21,23H2,1-4H3/q+1. The van der Waals surface area contributed by atoms with Gasteiger partial charge in [0.15, 0.2) is 5.71 Å². The van der Waals surface area contributed by atoms with Crippen molar-refractivity contribution in [2.24, 2.45) is 11.8 Å². The molecule has 3 aromatic carbocycles. The number of allylic oxidation sites excluding steroid dienone is 1. The summed E-state index contributed by atoms with van der Waals surface area (Å²) < 4.78 is 7.86. The van der Waals surface area contributed by atoms with Crippen LogP contribution in [0.5, 0.6) is 5.75 Å². The Bertz CT molecular complexity index is 1360. The Kier molecular flexibility index (Phi) is 6.31. The van der Waals surface area contributed by atoms with Crippen LogP contribution < -0.4 is 4.74 Å². The van der Waals surface area contributed by atoms with Crippen molar-refractivity contribution in [1.82, 2.24) is 0 Å². The van der Waals surface area contributed by atoms with Crippen molar-refractivity contribution in [3.63, 3.8) is 0 Å². The maximum absolute atomic E-state index is 5.37. The second kappa shape index (κ2) is 9.63. The van der Waals surface area contributed by atoms with Crippen LogP contribution in [-0.4, -0.2) is 23.9 Å². The van der Waals surface area contributed by atoms with Crippen LogP contribution in [-0.2, 0) is 18.3 Å². The Morgan fingerprint density at radius 1 is 0.973 bits per heavy atom. The van der Waals surface area contributed by atoms with Gasteiger partial charge in [-0.05, 0) is 105 Å². The van der Waals surface area contributed by atoms with Crippen molar-refractivity contribution in [2.75, 3.05) is 13.7 Å². The van der Waals surface area contributed by atoms with E-state index in [2.05, 4.69) is 104 Å². The average Bonchev–Trinajstić information content (AvgIpc) is 3.50. The lowest BCUT2D eigenvalue weighted by atomic mass is 9.68. The summed E-state index contributed by atoms with van der Waals surface area (Å²) in [4.78, 5) is 0. The van der Waals surface area contributed by atoms with Crippen LogP contribution >= 0.6 is 0 Å². The molecule has 2 heteroatoms. The molecule has 1 heterocycles. The Morgan fingerprint density at radius 2 is 1.78 bits per heavy atom. The molecule has 190 valence electrons. The summed E-state index contributed by atoms with van der Waals surface area (Å²) in [6.45, 7) is 7.97. The number of rotatable bonds is 6.